The molecule has 4 heteroatoms. The molecule has 1 aliphatic heterocycles. The second-order valence-corrected chi connectivity index (χ2v) is 2.57. The maximum atomic E-state index is 8.62. The van der Waals surface area contributed by atoms with Crippen LogP contribution in [0.15, 0.2) is 0 Å². The first-order chi connectivity index (χ1) is 5.42. The van der Waals surface area contributed by atoms with Crippen LogP contribution >= 0.6 is 0 Å². The Morgan fingerprint density at radius 3 is 3.27 bits per heavy atom. The first kappa shape index (κ1) is 6.38. The van der Waals surface area contributed by atoms with Gasteiger partial charge in [-0.05, 0) is 0 Å². The minimum Gasteiger partial charge on any atom is -0.312 e. The van der Waals surface area contributed by atoms with E-state index in [1.54, 1.807) is 0 Å². The number of nitrogens with zero attached hydrogens (tertiary/aromatic N) is 2. The molecule has 0 radical (unpaired) electrons. The van der Waals surface area contributed by atoms with Crippen molar-refractivity contribution in [1.82, 2.24) is 15.5 Å². The molecule has 0 atom stereocenters. The molecule has 0 amide bonds. The molecular weight excluding hydrogens is 140 g/mol. The van der Waals surface area contributed by atoms with Crippen molar-refractivity contribution in [2.24, 2.45) is 0 Å². The van der Waals surface area contributed by atoms with E-state index in [1.165, 1.54) is 0 Å². The molecule has 0 unspecified atom stereocenters. The Balaban J connectivity index is 2.48. The van der Waals surface area contributed by atoms with Gasteiger partial charge in [-0.15, -0.1) is 0 Å². The van der Waals surface area contributed by atoms with Crippen LogP contribution in [0, 0.1) is 11.3 Å². The fraction of sp³-hybridized carbons (Fsp3) is 0.429. The van der Waals surface area contributed by atoms with Gasteiger partial charge in [-0.1, -0.05) is 0 Å². The van der Waals surface area contributed by atoms with Crippen molar-refractivity contribution in [3.05, 3.63) is 17.0 Å². The summed E-state index contributed by atoms with van der Waals surface area (Å²) in [4.78, 5) is 0. The van der Waals surface area contributed by atoms with Crippen LogP contribution in [0.1, 0.15) is 17.0 Å². The van der Waals surface area contributed by atoms with Crippen LogP contribution in [0.2, 0.25) is 0 Å². The molecule has 2 rings (SSSR count). The Hall–Kier alpha value is -1.34. The molecule has 0 spiro atoms. The van der Waals surface area contributed by atoms with Gasteiger partial charge in [0.05, 0.1) is 0 Å². The zero-order valence-electron chi connectivity index (χ0n) is 6.02. The normalized spacial score (nSPS) is 15.5. The molecule has 0 saturated heterocycles. The number of hydrogen-bond donors (Lipinski definition) is 2. The van der Waals surface area contributed by atoms with Gasteiger partial charge in [0, 0.05) is 30.8 Å². The van der Waals surface area contributed by atoms with E-state index in [4.69, 9.17) is 5.26 Å². The molecule has 0 aromatic carbocycles. The smallest absolute Gasteiger partial charge is 0.166 e. The van der Waals surface area contributed by atoms with Gasteiger partial charge in [-0.2, -0.15) is 10.4 Å². The lowest BCUT2D eigenvalue weighted by Crippen LogP contribution is -2.23. The van der Waals surface area contributed by atoms with Crippen LogP contribution in [0.3, 0.4) is 0 Å². The minimum atomic E-state index is 0.534. The molecule has 1 aromatic heterocycles. The highest BCUT2D eigenvalue weighted by atomic mass is 15.1. The van der Waals surface area contributed by atoms with E-state index in [0.717, 1.165) is 30.8 Å². The number of nitrogens with one attached hydrogen (secondary N) is 2. The number of fused-ring (bicyclic) bond motifs is 1. The van der Waals surface area contributed by atoms with Gasteiger partial charge in [-0.25, -0.2) is 0 Å². The highest BCUT2D eigenvalue weighted by Gasteiger charge is 2.15. The van der Waals surface area contributed by atoms with E-state index in [0.29, 0.717) is 5.69 Å². The summed E-state index contributed by atoms with van der Waals surface area (Å²) in [5.41, 5.74) is 2.69. The van der Waals surface area contributed by atoms with Crippen LogP contribution in [0.25, 0.3) is 0 Å². The zero-order valence-corrected chi connectivity index (χ0v) is 6.02. The Labute approximate surface area is 64.2 Å². The highest BCUT2D eigenvalue weighted by Crippen LogP contribution is 2.13. The molecule has 11 heavy (non-hydrogen) atoms. The minimum absolute atomic E-state index is 0.534. The average Bonchev–Trinajstić information content (AvgIpc) is 2.47. The number of aromatic amines is 1. The monoisotopic (exact) mass is 148 g/mol. The predicted molar refractivity (Wildman–Crippen MR) is 38.7 cm³/mol. The van der Waals surface area contributed by atoms with E-state index in [2.05, 4.69) is 21.6 Å². The van der Waals surface area contributed by atoms with Crippen molar-refractivity contribution in [1.29, 1.82) is 5.26 Å². The molecule has 1 aliphatic rings. The van der Waals surface area contributed by atoms with Crippen LogP contribution < -0.4 is 5.32 Å². The lowest BCUT2D eigenvalue weighted by molar-refractivity contribution is 0.636. The molecule has 0 saturated carbocycles. The van der Waals surface area contributed by atoms with Gasteiger partial charge < -0.3 is 5.32 Å². The molecule has 2 N–H and O–H groups in total. The summed E-state index contributed by atoms with van der Waals surface area (Å²) in [6, 6.07) is 2.05. The third-order valence-electron chi connectivity index (χ3n) is 1.91. The van der Waals surface area contributed by atoms with Gasteiger partial charge in [0.1, 0.15) is 6.07 Å². The van der Waals surface area contributed by atoms with Crippen molar-refractivity contribution in [2.45, 2.75) is 13.0 Å². The molecule has 2 heterocycles. The summed E-state index contributed by atoms with van der Waals surface area (Å²) < 4.78 is 0. The molecule has 1 aromatic rings. The quantitative estimate of drug-likeness (QED) is 0.541. The Bertz CT molecular complexity index is 307. The second kappa shape index (κ2) is 2.36. The summed E-state index contributed by atoms with van der Waals surface area (Å²) >= 11 is 0. The Morgan fingerprint density at radius 2 is 2.45 bits per heavy atom. The van der Waals surface area contributed by atoms with Gasteiger partial charge in [0.15, 0.2) is 5.69 Å². The third-order valence-corrected chi connectivity index (χ3v) is 1.91. The number of nitriles is 1. The van der Waals surface area contributed by atoms with E-state index in [-0.39, 0.29) is 0 Å². The maximum absolute atomic E-state index is 8.62. The lowest BCUT2D eigenvalue weighted by Gasteiger charge is -2.10. The first-order valence-corrected chi connectivity index (χ1v) is 3.59. The number of rotatable bonds is 0. The summed E-state index contributed by atoms with van der Waals surface area (Å²) in [5, 5.41) is 18.6. The number of aromatic nitrogens is 2. The number of H-pyrrole nitrogens is 1. The van der Waals surface area contributed by atoms with E-state index in [9.17, 15) is 0 Å². The molecular formula is C7H8N4. The van der Waals surface area contributed by atoms with Gasteiger partial charge in [-0.3, -0.25) is 5.10 Å². The summed E-state index contributed by atoms with van der Waals surface area (Å²) in [6.45, 7) is 1.74. The average molecular weight is 148 g/mol. The standard InChI is InChI=1S/C7H8N4/c8-3-7-5-4-9-2-1-6(5)10-11-7/h9H,1-2,4H2,(H,10,11). The molecule has 0 aliphatic carbocycles. The van der Waals surface area contributed by atoms with Gasteiger partial charge >= 0.3 is 0 Å². The summed E-state index contributed by atoms with van der Waals surface area (Å²) in [5.74, 6) is 0. The van der Waals surface area contributed by atoms with Crippen molar-refractivity contribution < 1.29 is 0 Å². The van der Waals surface area contributed by atoms with Crippen molar-refractivity contribution in [3.8, 4) is 6.07 Å². The summed E-state index contributed by atoms with van der Waals surface area (Å²) in [6.07, 6.45) is 0.948. The Morgan fingerprint density at radius 1 is 1.55 bits per heavy atom. The Kier molecular flexibility index (Phi) is 1.37. The molecule has 0 bridgehead atoms. The van der Waals surface area contributed by atoms with Crippen molar-refractivity contribution in [2.75, 3.05) is 6.54 Å². The van der Waals surface area contributed by atoms with E-state index >= 15 is 0 Å². The predicted octanol–water partition coefficient (Wildman–Crippen LogP) is -0.0729. The van der Waals surface area contributed by atoms with Crippen LogP contribution in [0.4, 0.5) is 0 Å². The maximum Gasteiger partial charge on any atom is 0.166 e. The molecule has 4 nitrogen and oxygen atoms in total. The SMILES string of the molecule is N#Cc1n[nH]c2c1CNCC2. The van der Waals surface area contributed by atoms with Crippen molar-refractivity contribution in [3.63, 3.8) is 0 Å². The van der Waals surface area contributed by atoms with E-state index in [1.807, 2.05) is 0 Å². The van der Waals surface area contributed by atoms with E-state index < -0.39 is 0 Å². The lowest BCUT2D eigenvalue weighted by atomic mass is 10.1. The largest absolute Gasteiger partial charge is 0.312 e. The van der Waals surface area contributed by atoms with Gasteiger partial charge in [0.2, 0.25) is 0 Å². The van der Waals surface area contributed by atoms with Crippen LogP contribution in [-0.2, 0) is 13.0 Å². The zero-order chi connectivity index (χ0) is 7.68. The fourth-order valence-electron chi connectivity index (χ4n) is 1.32. The second-order valence-electron chi connectivity index (χ2n) is 2.57. The third kappa shape index (κ3) is 0.900. The van der Waals surface area contributed by atoms with Crippen molar-refractivity contribution >= 4 is 0 Å². The van der Waals surface area contributed by atoms with Crippen LogP contribution in [0.5, 0.6) is 0 Å². The topological polar surface area (TPSA) is 64.5 Å². The van der Waals surface area contributed by atoms with Crippen LogP contribution in [-0.4, -0.2) is 16.7 Å². The molecule has 56 valence electrons. The fourth-order valence-corrected chi connectivity index (χ4v) is 1.32. The number of hydrogen-bond acceptors (Lipinski definition) is 3. The first-order valence-electron chi connectivity index (χ1n) is 3.59. The highest BCUT2D eigenvalue weighted by molar-refractivity contribution is 5.35. The summed E-state index contributed by atoms with van der Waals surface area (Å²) in [7, 11) is 0. The molecule has 0 fully saturated rings. The van der Waals surface area contributed by atoms with Gasteiger partial charge in [0.25, 0.3) is 0 Å².